The number of hydrogen-bond acceptors (Lipinski definition) is 4. The van der Waals surface area contributed by atoms with Crippen molar-refractivity contribution in [2.45, 2.75) is 13.5 Å². The summed E-state index contributed by atoms with van der Waals surface area (Å²) in [6.45, 7) is 5.04. The summed E-state index contributed by atoms with van der Waals surface area (Å²) < 4.78 is 15.0. The Morgan fingerprint density at radius 2 is 1.71 bits per heavy atom. The van der Waals surface area contributed by atoms with E-state index in [9.17, 15) is 18.8 Å². The number of hydrogen-bond donors (Lipinski definition) is 1. The summed E-state index contributed by atoms with van der Waals surface area (Å²) >= 11 is 0. The highest BCUT2D eigenvalue weighted by atomic mass is 19.1. The summed E-state index contributed by atoms with van der Waals surface area (Å²) in [4.78, 5) is 40.4. The first-order valence-electron chi connectivity index (χ1n) is 10.1. The molecule has 0 saturated carbocycles. The van der Waals surface area contributed by atoms with Gasteiger partial charge in [0.25, 0.3) is 5.91 Å². The minimum atomic E-state index is -0.812. The van der Waals surface area contributed by atoms with Gasteiger partial charge in [-0.25, -0.2) is 4.39 Å². The van der Waals surface area contributed by atoms with Crippen LogP contribution >= 0.6 is 0 Å². The van der Waals surface area contributed by atoms with Gasteiger partial charge < -0.3 is 15.2 Å². The zero-order valence-electron chi connectivity index (χ0n) is 17.2. The topological polar surface area (TPSA) is 88.6 Å². The van der Waals surface area contributed by atoms with Crippen LogP contribution < -0.4 is 11.2 Å². The van der Waals surface area contributed by atoms with Crippen LogP contribution in [0.15, 0.2) is 53.5 Å². The van der Waals surface area contributed by atoms with Crippen molar-refractivity contribution in [3.63, 3.8) is 0 Å². The largest absolute Gasteiger partial charge is 0.365 e. The molecule has 1 fully saturated rings. The fourth-order valence-electron chi connectivity index (χ4n) is 3.95. The fourth-order valence-corrected chi connectivity index (χ4v) is 3.95. The predicted octanol–water partition coefficient (Wildman–Crippen LogP) is 1.89. The molecule has 3 aromatic rings. The van der Waals surface area contributed by atoms with Crippen LogP contribution in [0.4, 0.5) is 4.39 Å². The molecule has 8 heteroatoms. The Balaban J connectivity index is 1.72. The second-order valence-electron chi connectivity index (χ2n) is 7.72. The molecule has 31 heavy (non-hydrogen) atoms. The summed E-state index contributed by atoms with van der Waals surface area (Å²) in [5, 5.41) is 0.375. The van der Waals surface area contributed by atoms with Gasteiger partial charge in [0.2, 0.25) is 11.3 Å². The minimum absolute atomic E-state index is 0.0747. The van der Waals surface area contributed by atoms with Crippen molar-refractivity contribution in [2.75, 3.05) is 26.2 Å². The SMILES string of the molecule is CC(=O)N1CCN(Cc2ccc3c(c2)c(=O)c(C(N)=O)cn3-c2ccc(F)cc2)CC1. The van der Waals surface area contributed by atoms with Gasteiger partial charge in [0.15, 0.2) is 0 Å². The average Bonchev–Trinajstić information content (AvgIpc) is 2.75. The molecule has 0 unspecified atom stereocenters. The zero-order valence-corrected chi connectivity index (χ0v) is 17.2. The van der Waals surface area contributed by atoms with E-state index in [1.807, 2.05) is 17.0 Å². The van der Waals surface area contributed by atoms with Crippen LogP contribution in [-0.2, 0) is 11.3 Å². The van der Waals surface area contributed by atoms with Gasteiger partial charge in [-0.3, -0.25) is 19.3 Å². The van der Waals surface area contributed by atoms with Crippen molar-refractivity contribution >= 4 is 22.7 Å². The lowest BCUT2D eigenvalue weighted by Gasteiger charge is -2.34. The first-order chi connectivity index (χ1) is 14.8. The molecule has 2 heterocycles. The van der Waals surface area contributed by atoms with Crippen LogP contribution in [0.3, 0.4) is 0 Å². The van der Waals surface area contributed by atoms with E-state index in [4.69, 9.17) is 5.73 Å². The second-order valence-corrected chi connectivity index (χ2v) is 7.72. The van der Waals surface area contributed by atoms with Crippen LogP contribution in [0, 0.1) is 5.82 Å². The lowest BCUT2D eigenvalue weighted by atomic mass is 10.1. The molecule has 2 aromatic carbocycles. The summed E-state index contributed by atoms with van der Waals surface area (Å²) in [7, 11) is 0. The van der Waals surface area contributed by atoms with E-state index in [-0.39, 0.29) is 17.3 Å². The van der Waals surface area contributed by atoms with E-state index in [1.54, 1.807) is 29.7 Å². The van der Waals surface area contributed by atoms with Gasteiger partial charge in [0.05, 0.1) is 5.52 Å². The quantitative estimate of drug-likeness (QED) is 0.696. The highest BCUT2D eigenvalue weighted by Gasteiger charge is 2.19. The molecule has 0 atom stereocenters. The van der Waals surface area contributed by atoms with Crippen molar-refractivity contribution in [3.8, 4) is 5.69 Å². The third-order valence-corrected chi connectivity index (χ3v) is 5.66. The normalized spacial score (nSPS) is 14.7. The number of nitrogens with two attached hydrogens (primary N) is 1. The molecule has 0 radical (unpaired) electrons. The Bertz CT molecular complexity index is 1210. The molecule has 1 saturated heterocycles. The van der Waals surface area contributed by atoms with Crippen LogP contribution in [-0.4, -0.2) is 52.4 Å². The van der Waals surface area contributed by atoms with Gasteiger partial charge in [0.1, 0.15) is 11.4 Å². The van der Waals surface area contributed by atoms with Crippen LogP contribution in [0.25, 0.3) is 16.6 Å². The van der Waals surface area contributed by atoms with Gasteiger partial charge in [-0.2, -0.15) is 0 Å². The van der Waals surface area contributed by atoms with Gasteiger partial charge in [-0.15, -0.1) is 0 Å². The number of benzene rings is 2. The van der Waals surface area contributed by atoms with Gasteiger partial charge in [-0.1, -0.05) is 6.07 Å². The maximum Gasteiger partial charge on any atom is 0.254 e. The molecule has 0 bridgehead atoms. The van der Waals surface area contributed by atoms with Crippen molar-refractivity contribution in [3.05, 3.63) is 75.8 Å². The summed E-state index contributed by atoms with van der Waals surface area (Å²) in [5.41, 5.74) is 7.04. The Kier molecular flexibility index (Phi) is 5.56. The van der Waals surface area contributed by atoms with E-state index < -0.39 is 11.3 Å². The van der Waals surface area contributed by atoms with Crippen molar-refractivity contribution in [2.24, 2.45) is 5.73 Å². The number of pyridine rings is 1. The molecule has 1 aromatic heterocycles. The highest BCUT2D eigenvalue weighted by molar-refractivity contribution is 5.96. The Morgan fingerprint density at radius 3 is 2.32 bits per heavy atom. The number of fused-ring (bicyclic) bond motifs is 1. The first kappa shape index (κ1) is 20.7. The molecular formula is C23H23FN4O3. The van der Waals surface area contributed by atoms with E-state index in [1.165, 1.54) is 18.3 Å². The molecule has 0 spiro atoms. The smallest absolute Gasteiger partial charge is 0.254 e. The molecule has 0 aliphatic carbocycles. The number of carbonyl (C=O) groups is 2. The standard InChI is InChI=1S/C23H23FN4O3/c1-15(29)27-10-8-26(9-11-27)13-16-2-7-21-19(12-16)22(30)20(23(25)31)14-28(21)18-5-3-17(24)4-6-18/h2-7,12,14H,8-11,13H2,1H3,(H2,25,31). The Hall–Kier alpha value is -3.52. The maximum absolute atomic E-state index is 13.4. The molecule has 2 amide bonds. The molecule has 1 aliphatic rings. The number of nitrogens with zero attached hydrogens (tertiary/aromatic N) is 3. The predicted molar refractivity (Wildman–Crippen MR) is 116 cm³/mol. The molecule has 1 aliphatic heterocycles. The molecular weight excluding hydrogens is 399 g/mol. The lowest BCUT2D eigenvalue weighted by Crippen LogP contribution is -2.47. The Morgan fingerprint density at radius 1 is 1.03 bits per heavy atom. The molecule has 2 N–H and O–H groups in total. The number of halogens is 1. The number of rotatable bonds is 4. The number of carbonyl (C=O) groups excluding carboxylic acids is 2. The number of primary amides is 1. The lowest BCUT2D eigenvalue weighted by molar-refractivity contribution is -0.130. The Labute approximate surface area is 178 Å². The fraction of sp³-hybridized carbons (Fsp3) is 0.261. The van der Waals surface area contributed by atoms with Crippen molar-refractivity contribution in [1.82, 2.24) is 14.4 Å². The van der Waals surface area contributed by atoms with Crippen LogP contribution in [0.1, 0.15) is 22.8 Å². The van der Waals surface area contributed by atoms with Gasteiger partial charge >= 0.3 is 0 Å². The number of amides is 2. The van der Waals surface area contributed by atoms with E-state index in [2.05, 4.69) is 4.90 Å². The second kappa shape index (κ2) is 8.31. The zero-order chi connectivity index (χ0) is 22.1. The minimum Gasteiger partial charge on any atom is -0.365 e. The third kappa shape index (κ3) is 4.20. The molecule has 4 rings (SSSR count). The van der Waals surface area contributed by atoms with Gasteiger partial charge in [-0.05, 0) is 42.0 Å². The van der Waals surface area contributed by atoms with Crippen LogP contribution in [0.2, 0.25) is 0 Å². The monoisotopic (exact) mass is 422 g/mol. The average molecular weight is 422 g/mol. The summed E-state index contributed by atoms with van der Waals surface area (Å²) in [6, 6.07) is 11.3. The number of aromatic nitrogens is 1. The summed E-state index contributed by atoms with van der Waals surface area (Å²) in [5.74, 6) is -1.12. The van der Waals surface area contributed by atoms with E-state index in [0.717, 1.165) is 18.7 Å². The molecule has 160 valence electrons. The van der Waals surface area contributed by atoms with Crippen LogP contribution in [0.5, 0.6) is 0 Å². The highest BCUT2D eigenvalue weighted by Crippen LogP contribution is 2.21. The maximum atomic E-state index is 13.4. The van der Waals surface area contributed by atoms with Crippen molar-refractivity contribution in [1.29, 1.82) is 0 Å². The first-order valence-corrected chi connectivity index (χ1v) is 10.1. The van der Waals surface area contributed by atoms with E-state index >= 15 is 0 Å². The van der Waals surface area contributed by atoms with Gasteiger partial charge in [0, 0.05) is 56.9 Å². The molecule has 7 nitrogen and oxygen atoms in total. The van der Waals surface area contributed by atoms with E-state index in [0.29, 0.717) is 36.2 Å². The summed E-state index contributed by atoms with van der Waals surface area (Å²) in [6.07, 6.45) is 1.40. The number of piperazine rings is 1. The van der Waals surface area contributed by atoms with Crippen molar-refractivity contribution < 1.29 is 14.0 Å². The third-order valence-electron chi connectivity index (χ3n) is 5.66.